The number of carbonyl (C=O) groups excluding carboxylic acids is 1. The molecule has 94 valence electrons. The van der Waals surface area contributed by atoms with Gasteiger partial charge in [0.2, 0.25) is 5.91 Å². The third-order valence-corrected chi connectivity index (χ3v) is 2.22. The number of amides is 1. The fourth-order valence-corrected chi connectivity index (χ4v) is 1.38. The predicted octanol–water partition coefficient (Wildman–Crippen LogP) is 0.221. The topological polar surface area (TPSA) is 81.6 Å². The summed E-state index contributed by atoms with van der Waals surface area (Å²) in [5.74, 6) is -0.239. The fraction of sp³-hybridized carbons (Fsp3) is 0.364. The molecule has 0 spiro atoms. The highest BCUT2D eigenvalue weighted by atomic mass is 35.5. The lowest BCUT2D eigenvalue weighted by atomic mass is 10.3. The van der Waals surface area contributed by atoms with Crippen molar-refractivity contribution < 1.29 is 15.0 Å². The summed E-state index contributed by atoms with van der Waals surface area (Å²) >= 11 is 5.77. The number of halogens is 1. The van der Waals surface area contributed by atoms with E-state index >= 15 is 0 Å². The number of rotatable bonds is 6. The summed E-state index contributed by atoms with van der Waals surface area (Å²) in [5, 5.41) is 23.5. The standard InChI is InChI=1S/C11H15ClN2O3/c12-8-2-1-3-9(4-8)14-11(17)6-13-5-10(16)7-15/h1-4,10,13,15-16H,5-7H2,(H,14,17). The van der Waals surface area contributed by atoms with Crippen LogP contribution in [0, 0.1) is 0 Å². The molecule has 1 amide bonds. The zero-order valence-corrected chi connectivity index (χ0v) is 9.94. The SMILES string of the molecule is O=C(CNCC(O)CO)Nc1cccc(Cl)c1. The van der Waals surface area contributed by atoms with E-state index < -0.39 is 6.10 Å². The van der Waals surface area contributed by atoms with Crippen molar-refractivity contribution in [3.63, 3.8) is 0 Å². The van der Waals surface area contributed by atoms with Crippen molar-refractivity contribution in [1.82, 2.24) is 5.32 Å². The van der Waals surface area contributed by atoms with Crippen LogP contribution in [0.1, 0.15) is 0 Å². The van der Waals surface area contributed by atoms with Gasteiger partial charge < -0.3 is 20.8 Å². The molecule has 0 aromatic heterocycles. The summed E-state index contributed by atoms with van der Waals surface area (Å²) in [4.78, 5) is 11.4. The van der Waals surface area contributed by atoms with E-state index in [1.54, 1.807) is 24.3 Å². The second-order valence-electron chi connectivity index (χ2n) is 3.53. The maximum Gasteiger partial charge on any atom is 0.238 e. The highest BCUT2D eigenvalue weighted by Gasteiger charge is 2.04. The van der Waals surface area contributed by atoms with Crippen LogP contribution in [-0.2, 0) is 4.79 Å². The van der Waals surface area contributed by atoms with E-state index in [4.69, 9.17) is 21.8 Å². The van der Waals surface area contributed by atoms with Crippen molar-refractivity contribution in [3.05, 3.63) is 29.3 Å². The first kappa shape index (κ1) is 13.9. The number of hydrogen-bond acceptors (Lipinski definition) is 4. The second kappa shape index (κ2) is 7.24. The highest BCUT2D eigenvalue weighted by Crippen LogP contribution is 2.14. The van der Waals surface area contributed by atoms with Crippen LogP contribution in [0.5, 0.6) is 0 Å². The van der Waals surface area contributed by atoms with E-state index in [2.05, 4.69) is 10.6 Å². The number of carbonyl (C=O) groups is 1. The molecule has 0 saturated carbocycles. The lowest BCUT2D eigenvalue weighted by molar-refractivity contribution is -0.115. The number of anilines is 1. The molecular weight excluding hydrogens is 244 g/mol. The Morgan fingerprint density at radius 3 is 2.88 bits per heavy atom. The minimum absolute atomic E-state index is 0.0591. The Kier molecular flexibility index (Phi) is 5.93. The van der Waals surface area contributed by atoms with E-state index in [1.165, 1.54) is 0 Å². The first-order valence-corrected chi connectivity index (χ1v) is 5.54. The Balaban J connectivity index is 2.30. The molecule has 0 heterocycles. The molecule has 1 unspecified atom stereocenters. The van der Waals surface area contributed by atoms with E-state index in [9.17, 15) is 4.79 Å². The molecule has 5 nitrogen and oxygen atoms in total. The van der Waals surface area contributed by atoms with Crippen LogP contribution in [0.15, 0.2) is 24.3 Å². The molecule has 1 aromatic carbocycles. The van der Waals surface area contributed by atoms with E-state index in [1.807, 2.05) is 0 Å². The number of benzene rings is 1. The van der Waals surface area contributed by atoms with Crippen molar-refractivity contribution in [2.75, 3.05) is 25.0 Å². The van der Waals surface area contributed by atoms with Crippen LogP contribution in [0.25, 0.3) is 0 Å². The van der Waals surface area contributed by atoms with Gasteiger partial charge in [-0.25, -0.2) is 0 Å². The first-order chi connectivity index (χ1) is 8.11. The van der Waals surface area contributed by atoms with Crippen LogP contribution < -0.4 is 10.6 Å². The number of nitrogens with one attached hydrogen (secondary N) is 2. The molecule has 1 aromatic rings. The Labute approximate surface area is 104 Å². The summed E-state index contributed by atoms with van der Waals surface area (Å²) in [6, 6.07) is 6.82. The Hall–Kier alpha value is -1.14. The summed E-state index contributed by atoms with van der Waals surface area (Å²) in [6.07, 6.45) is -0.853. The number of aliphatic hydroxyl groups is 2. The van der Waals surface area contributed by atoms with Gasteiger partial charge in [0.15, 0.2) is 0 Å². The maximum absolute atomic E-state index is 11.4. The van der Waals surface area contributed by atoms with Crippen LogP contribution in [0.4, 0.5) is 5.69 Å². The van der Waals surface area contributed by atoms with Crippen molar-refractivity contribution in [1.29, 1.82) is 0 Å². The van der Waals surface area contributed by atoms with Crippen LogP contribution in [-0.4, -0.2) is 41.9 Å². The minimum atomic E-state index is -0.853. The second-order valence-corrected chi connectivity index (χ2v) is 3.96. The average molecular weight is 259 g/mol. The maximum atomic E-state index is 11.4. The van der Waals surface area contributed by atoms with Gasteiger partial charge in [-0.3, -0.25) is 4.79 Å². The van der Waals surface area contributed by atoms with Gasteiger partial charge in [-0.1, -0.05) is 17.7 Å². The molecule has 4 N–H and O–H groups in total. The zero-order valence-electron chi connectivity index (χ0n) is 9.19. The molecule has 0 saturated heterocycles. The molecule has 0 fully saturated rings. The molecular formula is C11H15ClN2O3. The van der Waals surface area contributed by atoms with Gasteiger partial charge >= 0.3 is 0 Å². The zero-order chi connectivity index (χ0) is 12.7. The summed E-state index contributed by atoms with van der Waals surface area (Å²) in [6.45, 7) is -0.105. The predicted molar refractivity (Wildman–Crippen MR) is 66.0 cm³/mol. The number of aliphatic hydroxyl groups excluding tert-OH is 2. The van der Waals surface area contributed by atoms with Gasteiger partial charge in [0.25, 0.3) is 0 Å². The van der Waals surface area contributed by atoms with Crippen LogP contribution in [0.3, 0.4) is 0 Å². The van der Waals surface area contributed by atoms with Gasteiger partial charge in [-0.2, -0.15) is 0 Å². The number of hydrogen-bond donors (Lipinski definition) is 4. The van der Waals surface area contributed by atoms with Crippen molar-refractivity contribution in [3.8, 4) is 0 Å². The van der Waals surface area contributed by atoms with Crippen molar-refractivity contribution >= 4 is 23.2 Å². The molecule has 0 aliphatic heterocycles. The van der Waals surface area contributed by atoms with E-state index in [0.29, 0.717) is 10.7 Å². The molecule has 0 aliphatic carbocycles. The molecule has 0 radical (unpaired) electrons. The average Bonchev–Trinajstić information content (AvgIpc) is 2.28. The fourth-order valence-electron chi connectivity index (χ4n) is 1.19. The highest BCUT2D eigenvalue weighted by molar-refractivity contribution is 6.30. The lowest BCUT2D eigenvalue weighted by Gasteiger charge is -2.09. The molecule has 17 heavy (non-hydrogen) atoms. The van der Waals surface area contributed by atoms with Gasteiger partial charge in [0, 0.05) is 17.3 Å². The smallest absolute Gasteiger partial charge is 0.238 e. The van der Waals surface area contributed by atoms with Crippen LogP contribution in [0.2, 0.25) is 5.02 Å². The summed E-state index contributed by atoms with van der Waals surface area (Å²) < 4.78 is 0. The monoisotopic (exact) mass is 258 g/mol. The summed E-state index contributed by atoms with van der Waals surface area (Å²) in [7, 11) is 0. The van der Waals surface area contributed by atoms with Gasteiger partial charge in [-0.15, -0.1) is 0 Å². The largest absolute Gasteiger partial charge is 0.394 e. The molecule has 1 rings (SSSR count). The summed E-state index contributed by atoms with van der Waals surface area (Å²) in [5.41, 5.74) is 0.618. The van der Waals surface area contributed by atoms with E-state index in [-0.39, 0.29) is 25.6 Å². The third-order valence-electron chi connectivity index (χ3n) is 1.98. The van der Waals surface area contributed by atoms with Crippen molar-refractivity contribution in [2.24, 2.45) is 0 Å². The Bertz CT molecular complexity index is 373. The Morgan fingerprint density at radius 2 is 2.24 bits per heavy atom. The Morgan fingerprint density at radius 1 is 1.47 bits per heavy atom. The van der Waals surface area contributed by atoms with E-state index in [0.717, 1.165) is 0 Å². The molecule has 0 aliphatic rings. The van der Waals surface area contributed by atoms with Gasteiger partial charge in [0.05, 0.1) is 19.3 Å². The minimum Gasteiger partial charge on any atom is -0.394 e. The van der Waals surface area contributed by atoms with Gasteiger partial charge in [0.1, 0.15) is 0 Å². The first-order valence-electron chi connectivity index (χ1n) is 5.17. The van der Waals surface area contributed by atoms with Gasteiger partial charge in [-0.05, 0) is 18.2 Å². The van der Waals surface area contributed by atoms with Crippen LogP contribution >= 0.6 is 11.6 Å². The third kappa shape index (κ3) is 5.65. The van der Waals surface area contributed by atoms with Crippen molar-refractivity contribution in [2.45, 2.75) is 6.10 Å². The molecule has 0 bridgehead atoms. The normalized spacial score (nSPS) is 12.2. The lowest BCUT2D eigenvalue weighted by Crippen LogP contribution is -2.35. The molecule has 6 heteroatoms. The quantitative estimate of drug-likeness (QED) is 0.589. The molecule has 1 atom stereocenters.